The maximum Gasteiger partial charge on any atom is 0.244 e. The Morgan fingerprint density at radius 3 is 2.76 bits per heavy atom. The van der Waals surface area contributed by atoms with E-state index in [0.717, 1.165) is 24.1 Å². The molecule has 0 unspecified atom stereocenters. The van der Waals surface area contributed by atoms with Crippen LogP contribution in [0.3, 0.4) is 0 Å². The highest BCUT2D eigenvalue weighted by Gasteiger charge is 2.27. The summed E-state index contributed by atoms with van der Waals surface area (Å²) in [6.07, 6.45) is 0.764. The third kappa shape index (κ3) is 4.68. The summed E-state index contributed by atoms with van der Waals surface area (Å²) >= 11 is 0. The van der Waals surface area contributed by atoms with Crippen LogP contribution in [-0.2, 0) is 21.2 Å². The first-order valence-electron chi connectivity index (χ1n) is 9.25. The van der Waals surface area contributed by atoms with Crippen LogP contribution >= 0.6 is 0 Å². The Morgan fingerprint density at radius 1 is 1.34 bits per heavy atom. The molecule has 1 aliphatic rings. The molecule has 1 heterocycles. The molecular formula is C20H23FN2O5S. The van der Waals surface area contributed by atoms with Gasteiger partial charge in [0.05, 0.1) is 18.3 Å². The van der Waals surface area contributed by atoms with Crippen molar-refractivity contribution in [2.45, 2.75) is 44.2 Å². The lowest BCUT2D eigenvalue weighted by atomic mass is 10.1. The van der Waals surface area contributed by atoms with Crippen molar-refractivity contribution in [2.24, 2.45) is 0 Å². The molecule has 7 nitrogen and oxygen atoms in total. The molecule has 2 aromatic rings. The maximum absolute atomic E-state index is 13.8. The van der Waals surface area contributed by atoms with Crippen LogP contribution in [-0.4, -0.2) is 33.1 Å². The van der Waals surface area contributed by atoms with E-state index in [-0.39, 0.29) is 6.10 Å². The maximum atomic E-state index is 13.8. The van der Waals surface area contributed by atoms with E-state index in [2.05, 4.69) is 10.0 Å². The second-order valence-corrected chi connectivity index (χ2v) is 8.47. The predicted octanol–water partition coefficient (Wildman–Crippen LogP) is 2.85. The summed E-state index contributed by atoms with van der Waals surface area (Å²) in [7, 11) is -4.21. The average molecular weight is 422 g/mol. The van der Waals surface area contributed by atoms with Crippen molar-refractivity contribution in [2.75, 3.05) is 11.9 Å². The summed E-state index contributed by atoms with van der Waals surface area (Å²) in [6, 6.07) is 7.29. The SMILES string of the molecule is CCOc1cc2c(cc1NC(=O)[C@H](C)NS(=O)(=O)c1ccccc1F)O[C@@H](C)C2. The number of nitrogens with one attached hydrogen (secondary N) is 2. The van der Waals surface area contributed by atoms with E-state index in [4.69, 9.17) is 9.47 Å². The van der Waals surface area contributed by atoms with Gasteiger partial charge in [-0.05, 0) is 39.0 Å². The molecule has 0 saturated heterocycles. The number of carbonyl (C=O) groups is 1. The molecule has 0 saturated carbocycles. The molecule has 29 heavy (non-hydrogen) atoms. The highest BCUT2D eigenvalue weighted by Crippen LogP contribution is 2.38. The molecule has 2 aromatic carbocycles. The van der Waals surface area contributed by atoms with Crippen LogP contribution < -0.4 is 19.5 Å². The summed E-state index contributed by atoms with van der Waals surface area (Å²) in [5.41, 5.74) is 1.36. The van der Waals surface area contributed by atoms with Gasteiger partial charge in [0, 0.05) is 18.1 Å². The Kier molecular flexibility index (Phi) is 6.09. The molecular weight excluding hydrogens is 399 g/mol. The summed E-state index contributed by atoms with van der Waals surface area (Å²) < 4.78 is 52.1. The van der Waals surface area contributed by atoms with E-state index in [1.54, 1.807) is 6.07 Å². The summed E-state index contributed by atoms with van der Waals surface area (Å²) in [5, 5.41) is 2.66. The number of rotatable bonds is 7. The van der Waals surface area contributed by atoms with Gasteiger partial charge in [-0.15, -0.1) is 0 Å². The first-order valence-corrected chi connectivity index (χ1v) is 10.7. The molecule has 3 rings (SSSR count). The van der Waals surface area contributed by atoms with Crippen molar-refractivity contribution in [1.29, 1.82) is 0 Å². The molecule has 0 fully saturated rings. The monoisotopic (exact) mass is 422 g/mol. The van der Waals surface area contributed by atoms with Gasteiger partial charge in [0.2, 0.25) is 15.9 Å². The number of hydrogen-bond donors (Lipinski definition) is 2. The molecule has 0 spiro atoms. The van der Waals surface area contributed by atoms with E-state index in [9.17, 15) is 17.6 Å². The first kappa shape index (κ1) is 21.1. The molecule has 2 N–H and O–H groups in total. The number of anilines is 1. The number of hydrogen-bond acceptors (Lipinski definition) is 5. The summed E-state index contributed by atoms with van der Waals surface area (Å²) in [6.45, 7) is 5.54. The zero-order valence-corrected chi connectivity index (χ0v) is 17.2. The van der Waals surface area contributed by atoms with Crippen LogP contribution in [0.2, 0.25) is 0 Å². The van der Waals surface area contributed by atoms with Gasteiger partial charge >= 0.3 is 0 Å². The quantitative estimate of drug-likeness (QED) is 0.716. The molecule has 1 amide bonds. The average Bonchev–Trinajstić information content (AvgIpc) is 3.00. The van der Waals surface area contributed by atoms with Gasteiger partial charge in [0.25, 0.3) is 0 Å². The normalized spacial score (nSPS) is 16.6. The molecule has 2 atom stereocenters. The Bertz CT molecular complexity index is 1030. The van der Waals surface area contributed by atoms with Gasteiger partial charge < -0.3 is 14.8 Å². The lowest BCUT2D eigenvalue weighted by Crippen LogP contribution is -2.41. The predicted molar refractivity (Wildman–Crippen MR) is 106 cm³/mol. The highest BCUT2D eigenvalue weighted by molar-refractivity contribution is 7.89. The number of halogens is 1. The van der Waals surface area contributed by atoms with Gasteiger partial charge in [0.1, 0.15) is 28.3 Å². The Labute approximate surface area is 169 Å². The standard InChI is InChI=1S/C20H23FN2O5S/c1-4-27-18-10-14-9-12(2)28-17(14)11-16(18)22-20(24)13(3)23-29(25,26)19-8-6-5-7-15(19)21/h5-8,10-13,23H,4,9H2,1-3H3,(H,22,24)/t12-,13-/m0/s1. The lowest BCUT2D eigenvalue weighted by molar-refractivity contribution is -0.117. The second-order valence-electron chi connectivity index (χ2n) is 6.78. The number of carbonyl (C=O) groups excluding carboxylic acids is 1. The highest BCUT2D eigenvalue weighted by atomic mass is 32.2. The van der Waals surface area contributed by atoms with E-state index in [0.29, 0.717) is 23.8 Å². The molecule has 9 heteroatoms. The van der Waals surface area contributed by atoms with Gasteiger partial charge in [-0.25, -0.2) is 12.8 Å². The lowest BCUT2D eigenvalue weighted by Gasteiger charge is -2.17. The van der Waals surface area contributed by atoms with Crippen LogP contribution in [0.5, 0.6) is 11.5 Å². The van der Waals surface area contributed by atoms with Crippen molar-refractivity contribution < 1.29 is 27.1 Å². The molecule has 0 aromatic heterocycles. The minimum Gasteiger partial charge on any atom is -0.492 e. The zero-order chi connectivity index (χ0) is 21.2. The molecule has 0 bridgehead atoms. The fraction of sp³-hybridized carbons (Fsp3) is 0.350. The third-order valence-corrected chi connectivity index (χ3v) is 5.98. The van der Waals surface area contributed by atoms with Crippen LogP contribution in [0.1, 0.15) is 26.3 Å². The minimum atomic E-state index is -4.21. The minimum absolute atomic E-state index is 0.0249. The number of amides is 1. The van der Waals surface area contributed by atoms with Crippen LogP contribution in [0.15, 0.2) is 41.3 Å². The second kappa shape index (κ2) is 8.38. The van der Waals surface area contributed by atoms with Crippen LogP contribution in [0.4, 0.5) is 10.1 Å². The Morgan fingerprint density at radius 2 is 2.07 bits per heavy atom. The van der Waals surface area contributed by atoms with E-state index in [1.807, 2.05) is 19.9 Å². The van der Waals surface area contributed by atoms with Gasteiger partial charge in [-0.3, -0.25) is 4.79 Å². The molecule has 0 aliphatic carbocycles. The number of sulfonamides is 1. The van der Waals surface area contributed by atoms with Crippen molar-refractivity contribution in [3.8, 4) is 11.5 Å². The zero-order valence-electron chi connectivity index (χ0n) is 16.4. The summed E-state index contributed by atoms with van der Waals surface area (Å²) in [4.78, 5) is 12.1. The third-order valence-electron chi connectivity index (χ3n) is 4.41. The van der Waals surface area contributed by atoms with E-state index in [1.165, 1.54) is 19.1 Å². The van der Waals surface area contributed by atoms with Crippen molar-refractivity contribution in [3.63, 3.8) is 0 Å². The largest absolute Gasteiger partial charge is 0.492 e. The van der Waals surface area contributed by atoms with E-state index >= 15 is 0 Å². The van der Waals surface area contributed by atoms with Gasteiger partial charge in [-0.1, -0.05) is 12.1 Å². The fourth-order valence-electron chi connectivity index (χ4n) is 3.07. The molecule has 1 aliphatic heterocycles. The summed E-state index contributed by atoms with van der Waals surface area (Å²) in [5.74, 6) is -0.384. The number of fused-ring (bicyclic) bond motifs is 1. The Balaban J connectivity index is 1.78. The van der Waals surface area contributed by atoms with E-state index < -0.39 is 32.7 Å². The fourth-order valence-corrected chi connectivity index (χ4v) is 4.35. The van der Waals surface area contributed by atoms with Gasteiger partial charge in [-0.2, -0.15) is 4.72 Å². The van der Waals surface area contributed by atoms with Gasteiger partial charge in [0.15, 0.2) is 0 Å². The number of ether oxygens (including phenoxy) is 2. The topological polar surface area (TPSA) is 93.7 Å². The number of benzene rings is 2. The van der Waals surface area contributed by atoms with Crippen LogP contribution in [0, 0.1) is 5.82 Å². The van der Waals surface area contributed by atoms with Crippen molar-refractivity contribution in [1.82, 2.24) is 4.72 Å². The van der Waals surface area contributed by atoms with Crippen molar-refractivity contribution in [3.05, 3.63) is 47.8 Å². The Hall–Kier alpha value is -2.65. The first-order chi connectivity index (χ1) is 13.7. The smallest absolute Gasteiger partial charge is 0.244 e. The van der Waals surface area contributed by atoms with Crippen LogP contribution in [0.25, 0.3) is 0 Å². The molecule has 156 valence electrons. The van der Waals surface area contributed by atoms with Crippen molar-refractivity contribution >= 4 is 21.6 Å². The molecule has 0 radical (unpaired) electrons.